The largest absolute Gasteiger partial charge is 0.480 e. The zero-order chi connectivity index (χ0) is 26.8. The van der Waals surface area contributed by atoms with Crippen LogP contribution in [0.5, 0.6) is 5.75 Å². The second kappa shape index (κ2) is 13.6. The molecule has 0 saturated heterocycles. The van der Waals surface area contributed by atoms with E-state index in [1.807, 2.05) is 0 Å². The number of carboxylic acid groups (broad SMARTS) is 1. The van der Waals surface area contributed by atoms with Gasteiger partial charge in [-0.3, -0.25) is 9.59 Å². The van der Waals surface area contributed by atoms with E-state index in [9.17, 15) is 27.5 Å². The van der Waals surface area contributed by atoms with Crippen LogP contribution in [0.4, 0.5) is 4.39 Å². The minimum atomic E-state index is -3.57. The minimum Gasteiger partial charge on any atom is -0.480 e. The molecule has 196 valence electrons. The van der Waals surface area contributed by atoms with Crippen LogP contribution < -0.4 is 4.18 Å². The van der Waals surface area contributed by atoms with Crippen LogP contribution in [0.2, 0.25) is 0 Å². The van der Waals surface area contributed by atoms with Gasteiger partial charge >= 0.3 is 16.1 Å². The summed E-state index contributed by atoms with van der Waals surface area (Å²) in [4.78, 5) is 24.3. The molecule has 0 bridgehead atoms. The number of aliphatic carboxylic acids is 1. The van der Waals surface area contributed by atoms with Crippen LogP contribution in [0.3, 0.4) is 0 Å². The molecule has 0 aliphatic carbocycles. The molecule has 10 heteroatoms. The summed E-state index contributed by atoms with van der Waals surface area (Å²) in [5.41, 5.74) is 3.28. The normalized spacial score (nSPS) is 12.2. The smallest absolute Gasteiger partial charge is 0.316 e. The number of carboxylic acids is 1. The number of halogens is 1. The van der Waals surface area contributed by atoms with E-state index in [1.165, 1.54) is 35.7 Å². The zero-order valence-corrected chi connectivity index (χ0v) is 22.6. The third-order valence-corrected chi connectivity index (χ3v) is 7.92. The molecule has 0 radical (unpaired) electrons. The van der Waals surface area contributed by atoms with Gasteiger partial charge in [0.05, 0.1) is 6.26 Å². The fourth-order valence-electron chi connectivity index (χ4n) is 3.41. The van der Waals surface area contributed by atoms with Gasteiger partial charge in [-0.2, -0.15) is 8.42 Å². The van der Waals surface area contributed by atoms with Gasteiger partial charge in [0.2, 0.25) is 5.12 Å². The van der Waals surface area contributed by atoms with Gasteiger partial charge in [-0.05, 0) is 66.0 Å². The van der Waals surface area contributed by atoms with E-state index < -0.39 is 21.3 Å². The molecule has 0 aliphatic rings. The van der Waals surface area contributed by atoms with Crippen molar-refractivity contribution in [1.29, 1.82) is 0 Å². The number of aryl methyl sites for hydroxylation is 2. The van der Waals surface area contributed by atoms with Crippen LogP contribution in [-0.2, 0) is 34.2 Å². The van der Waals surface area contributed by atoms with Crippen molar-refractivity contribution in [3.63, 3.8) is 0 Å². The Hall–Kier alpha value is -2.82. The van der Waals surface area contributed by atoms with E-state index in [-0.39, 0.29) is 16.7 Å². The van der Waals surface area contributed by atoms with Crippen LogP contribution in [0.15, 0.2) is 72.8 Å². The molecule has 0 saturated carbocycles. The maximum absolute atomic E-state index is 13.0. The minimum absolute atomic E-state index is 0.0768. The van der Waals surface area contributed by atoms with Crippen molar-refractivity contribution in [2.24, 2.45) is 0 Å². The number of carbonyl (C=O) groups excluding carboxylic acids is 1. The third-order valence-electron chi connectivity index (χ3n) is 5.30. The molecule has 0 spiro atoms. The highest BCUT2D eigenvalue weighted by Crippen LogP contribution is 2.21. The van der Waals surface area contributed by atoms with E-state index in [1.54, 1.807) is 60.7 Å². The first-order chi connectivity index (χ1) is 17.6. The fraction of sp³-hybridized carbons (Fsp3) is 0.259. The third kappa shape index (κ3) is 10.2. The molecule has 3 rings (SSSR count). The first kappa shape index (κ1) is 28.7. The fourth-order valence-corrected chi connectivity index (χ4v) is 5.79. The van der Waals surface area contributed by atoms with Crippen LogP contribution in [0.1, 0.15) is 27.0 Å². The first-order valence-corrected chi connectivity index (χ1v) is 15.3. The lowest BCUT2D eigenvalue weighted by Crippen LogP contribution is -2.20. The van der Waals surface area contributed by atoms with Gasteiger partial charge in [-0.15, -0.1) is 11.8 Å². The molecule has 37 heavy (non-hydrogen) atoms. The summed E-state index contributed by atoms with van der Waals surface area (Å²) in [5.74, 6) is 0.207. The maximum atomic E-state index is 13.0. The van der Waals surface area contributed by atoms with Crippen molar-refractivity contribution in [2.45, 2.75) is 24.5 Å². The van der Waals surface area contributed by atoms with Crippen molar-refractivity contribution in [2.75, 3.05) is 17.8 Å². The SMILES string of the molecule is CS(=O)(=O)Oc1ccc(CCSC(=O)c2ccc(CC(SCCc3ccc(F)cc3)C(=O)O)cc2)cc1. The Balaban J connectivity index is 1.45. The van der Waals surface area contributed by atoms with Gasteiger partial charge in [0.1, 0.15) is 16.8 Å². The van der Waals surface area contributed by atoms with Gasteiger partial charge in [0, 0.05) is 11.3 Å². The zero-order valence-electron chi connectivity index (χ0n) is 20.1. The second-order valence-electron chi connectivity index (χ2n) is 8.29. The lowest BCUT2D eigenvalue weighted by atomic mass is 10.1. The second-order valence-corrected chi connectivity index (χ2v) is 12.2. The lowest BCUT2D eigenvalue weighted by molar-refractivity contribution is -0.136. The van der Waals surface area contributed by atoms with Crippen molar-refractivity contribution < 1.29 is 31.7 Å². The molecule has 1 atom stereocenters. The van der Waals surface area contributed by atoms with Gasteiger partial charge < -0.3 is 9.29 Å². The van der Waals surface area contributed by atoms with Gasteiger partial charge in [-0.25, -0.2) is 4.39 Å². The molecule has 0 heterocycles. The van der Waals surface area contributed by atoms with Crippen molar-refractivity contribution in [1.82, 2.24) is 0 Å². The summed E-state index contributed by atoms with van der Waals surface area (Å²) in [5, 5.41) is 8.91. The van der Waals surface area contributed by atoms with Crippen molar-refractivity contribution in [3.8, 4) is 5.75 Å². The number of rotatable bonds is 13. The molecule has 0 aliphatic heterocycles. The topological polar surface area (TPSA) is 97.7 Å². The summed E-state index contributed by atoms with van der Waals surface area (Å²) in [6.45, 7) is 0. The lowest BCUT2D eigenvalue weighted by Gasteiger charge is -2.12. The molecule has 3 aromatic rings. The summed E-state index contributed by atoms with van der Waals surface area (Å²) < 4.78 is 40.2. The Morgan fingerprint density at radius 1 is 0.865 bits per heavy atom. The Morgan fingerprint density at radius 3 is 1.97 bits per heavy atom. The van der Waals surface area contributed by atoms with Crippen LogP contribution in [0.25, 0.3) is 0 Å². The Kier molecular flexibility index (Phi) is 10.6. The first-order valence-electron chi connectivity index (χ1n) is 11.4. The summed E-state index contributed by atoms with van der Waals surface area (Å²) in [6.07, 6.45) is 2.60. The quantitative estimate of drug-likeness (QED) is 0.282. The van der Waals surface area contributed by atoms with Crippen LogP contribution in [-0.4, -0.2) is 47.6 Å². The van der Waals surface area contributed by atoms with E-state index in [0.29, 0.717) is 36.3 Å². The molecule has 1 N–H and O–H groups in total. The summed E-state index contributed by atoms with van der Waals surface area (Å²) >= 11 is 2.53. The Morgan fingerprint density at radius 2 is 1.41 bits per heavy atom. The molecule has 6 nitrogen and oxygen atoms in total. The van der Waals surface area contributed by atoms with E-state index in [0.717, 1.165) is 22.9 Å². The molecule has 0 fully saturated rings. The molecule has 0 amide bonds. The van der Waals surface area contributed by atoms with Crippen LogP contribution >= 0.6 is 23.5 Å². The summed E-state index contributed by atoms with van der Waals surface area (Å²) in [6, 6.07) is 19.9. The monoisotopic (exact) mass is 562 g/mol. The molecule has 1 unspecified atom stereocenters. The molecular weight excluding hydrogens is 535 g/mol. The summed E-state index contributed by atoms with van der Waals surface area (Å²) in [7, 11) is -3.57. The average molecular weight is 563 g/mol. The average Bonchev–Trinajstić information content (AvgIpc) is 2.85. The molecule has 3 aromatic carbocycles. The predicted molar refractivity (Wildman–Crippen MR) is 147 cm³/mol. The van der Waals surface area contributed by atoms with Gasteiger partial charge in [0.15, 0.2) is 0 Å². The van der Waals surface area contributed by atoms with E-state index in [4.69, 9.17) is 4.18 Å². The van der Waals surface area contributed by atoms with Crippen LogP contribution in [0, 0.1) is 5.82 Å². The number of carbonyl (C=O) groups is 2. The maximum Gasteiger partial charge on any atom is 0.316 e. The number of benzene rings is 3. The highest BCUT2D eigenvalue weighted by atomic mass is 32.2. The standard InChI is InChI=1S/C27H27FO6S3/c1-37(32,33)34-24-12-6-20(7-13-24)15-17-36-27(31)22-8-2-21(3-9-22)18-25(26(29)30)35-16-14-19-4-10-23(28)11-5-19/h2-13,25H,14-18H2,1H3,(H,29,30). The van der Waals surface area contributed by atoms with Crippen molar-refractivity contribution >= 4 is 44.7 Å². The Bertz CT molecular complexity index is 1290. The van der Waals surface area contributed by atoms with Crippen molar-refractivity contribution in [3.05, 3.63) is 101 Å². The number of hydrogen-bond acceptors (Lipinski definition) is 7. The van der Waals surface area contributed by atoms with E-state index in [2.05, 4.69) is 0 Å². The number of thioether (sulfide) groups is 2. The highest BCUT2D eigenvalue weighted by molar-refractivity contribution is 8.14. The van der Waals surface area contributed by atoms with E-state index >= 15 is 0 Å². The highest BCUT2D eigenvalue weighted by Gasteiger charge is 2.19. The van der Waals surface area contributed by atoms with Gasteiger partial charge in [0.25, 0.3) is 0 Å². The molecular formula is C27H27FO6S3. The predicted octanol–water partition coefficient (Wildman–Crippen LogP) is 5.25. The Labute approximate surface area is 224 Å². The number of hydrogen-bond donors (Lipinski definition) is 1. The van der Waals surface area contributed by atoms with Gasteiger partial charge in [-0.1, -0.05) is 60.3 Å². The molecule has 0 aromatic heterocycles.